The van der Waals surface area contributed by atoms with Crippen molar-refractivity contribution in [3.05, 3.63) is 81.1 Å². The zero-order valence-electron chi connectivity index (χ0n) is 18.5. The van der Waals surface area contributed by atoms with Gasteiger partial charge in [-0.2, -0.15) is 0 Å². The van der Waals surface area contributed by atoms with Crippen LogP contribution in [0.15, 0.2) is 53.4 Å². The van der Waals surface area contributed by atoms with Crippen molar-refractivity contribution in [3.63, 3.8) is 0 Å². The maximum Gasteiger partial charge on any atom is 0.301 e. The summed E-state index contributed by atoms with van der Waals surface area (Å²) in [6.07, 6.45) is 0. The molecule has 10 heteroatoms. The van der Waals surface area contributed by atoms with E-state index in [0.29, 0.717) is 27.5 Å². The standard InChI is InChI=1S/C25H18F2N2O4S2/c1-3-33-17-7-6-13(9-12(17)2)22(30)20-21(18-5-4-8-34-18)29(24(32)23(20)31)25-28-16-10-14(26)15(27)11-19(16)35-25/h4-11,21,30H,3H2,1-2H3/b22-20+. The van der Waals surface area contributed by atoms with Crippen molar-refractivity contribution < 1.29 is 28.2 Å². The predicted molar refractivity (Wildman–Crippen MR) is 131 cm³/mol. The van der Waals surface area contributed by atoms with Crippen molar-refractivity contribution in [2.24, 2.45) is 0 Å². The van der Waals surface area contributed by atoms with E-state index in [-0.39, 0.29) is 22.0 Å². The van der Waals surface area contributed by atoms with Crippen molar-refractivity contribution in [2.75, 3.05) is 11.5 Å². The van der Waals surface area contributed by atoms with E-state index in [1.165, 1.54) is 16.2 Å². The van der Waals surface area contributed by atoms with Gasteiger partial charge < -0.3 is 9.84 Å². The molecule has 178 valence electrons. The third-order valence-electron chi connectivity index (χ3n) is 5.63. The highest BCUT2D eigenvalue weighted by Gasteiger charge is 2.48. The summed E-state index contributed by atoms with van der Waals surface area (Å²) >= 11 is 2.27. The highest BCUT2D eigenvalue weighted by Crippen LogP contribution is 2.45. The Labute approximate surface area is 206 Å². The van der Waals surface area contributed by atoms with Gasteiger partial charge in [0.2, 0.25) is 0 Å². The molecule has 3 heterocycles. The molecule has 1 amide bonds. The molecule has 2 aromatic heterocycles. The monoisotopic (exact) mass is 512 g/mol. The number of hydrogen-bond donors (Lipinski definition) is 1. The molecule has 0 aliphatic carbocycles. The number of fused-ring (bicyclic) bond motifs is 1. The Morgan fingerprint density at radius 2 is 1.94 bits per heavy atom. The Kier molecular flexibility index (Phi) is 5.86. The zero-order valence-corrected chi connectivity index (χ0v) is 20.2. The van der Waals surface area contributed by atoms with Crippen LogP contribution in [0.2, 0.25) is 0 Å². The Morgan fingerprint density at radius 1 is 1.17 bits per heavy atom. The van der Waals surface area contributed by atoms with Crippen molar-refractivity contribution >= 4 is 55.5 Å². The average Bonchev–Trinajstić information content (AvgIpc) is 3.54. The number of Topliss-reactive ketones (excluding diaryl/α,β-unsaturated/α-hetero) is 1. The fourth-order valence-corrected chi connectivity index (χ4v) is 5.85. The van der Waals surface area contributed by atoms with Gasteiger partial charge in [-0.15, -0.1) is 11.3 Å². The van der Waals surface area contributed by atoms with Crippen LogP contribution in [0.1, 0.15) is 29.0 Å². The van der Waals surface area contributed by atoms with Crippen LogP contribution in [0, 0.1) is 18.6 Å². The van der Waals surface area contributed by atoms with Crippen LogP contribution in [-0.2, 0) is 9.59 Å². The summed E-state index contributed by atoms with van der Waals surface area (Å²) in [7, 11) is 0. The molecule has 0 bridgehead atoms. The first-order valence-electron chi connectivity index (χ1n) is 10.6. The fourth-order valence-electron chi connectivity index (χ4n) is 4.03. The topological polar surface area (TPSA) is 79.7 Å². The molecule has 1 aliphatic heterocycles. The SMILES string of the molecule is CCOc1ccc(/C(O)=C2\C(=O)C(=O)N(c3nc4cc(F)c(F)cc4s3)C2c2cccs2)cc1C. The second-order valence-electron chi connectivity index (χ2n) is 7.83. The number of ether oxygens (including phenoxy) is 1. The van der Waals surface area contributed by atoms with Crippen LogP contribution in [0.4, 0.5) is 13.9 Å². The molecular weight excluding hydrogens is 494 g/mol. The summed E-state index contributed by atoms with van der Waals surface area (Å²) in [6, 6.07) is 9.52. The molecule has 6 nitrogen and oxygen atoms in total. The molecule has 1 unspecified atom stereocenters. The van der Waals surface area contributed by atoms with E-state index in [1.54, 1.807) is 35.7 Å². The van der Waals surface area contributed by atoms with E-state index in [9.17, 15) is 23.5 Å². The number of amides is 1. The number of nitrogens with zero attached hydrogens (tertiary/aromatic N) is 2. The molecule has 0 radical (unpaired) electrons. The van der Waals surface area contributed by atoms with Crippen LogP contribution >= 0.6 is 22.7 Å². The van der Waals surface area contributed by atoms with Crippen LogP contribution in [0.25, 0.3) is 16.0 Å². The van der Waals surface area contributed by atoms with Gasteiger partial charge in [-0.3, -0.25) is 14.5 Å². The van der Waals surface area contributed by atoms with E-state index in [2.05, 4.69) is 4.98 Å². The number of ketones is 1. The molecule has 35 heavy (non-hydrogen) atoms. The summed E-state index contributed by atoms with van der Waals surface area (Å²) in [4.78, 5) is 32.5. The second kappa shape index (κ2) is 8.86. The first kappa shape index (κ1) is 23.1. The van der Waals surface area contributed by atoms with Gasteiger partial charge in [0.25, 0.3) is 5.78 Å². The minimum Gasteiger partial charge on any atom is -0.507 e. The number of rotatable bonds is 5. The summed E-state index contributed by atoms with van der Waals surface area (Å²) in [6.45, 7) is 4.16. The third kappa shape index (κ3) is 3.88. The molecule has 5 rings (SSSR count). The van der Waals surface area contributed by atoms with Crippen molar-refractivity contribution in [2.45, 2.75) is 19.9 Å². The molecule has 0 saturated carbocycles. The maximum atomic E-state index is 13.8. The first-order valence-corrected chi connectivity index (χ1v) is 12.3. The number of carbonyl (C=O) groups is 2. The van der Waals surface area contributed by atoms with Crippen molar-refractivity contribution in [1.82, 2.24) is 4.98 Å². The lowest BCUT2D eigenvalue weighted by Crippen LogP contribution is -2.28. The largest absolute Gasteiger partial charge is 0.507 e. The number of aliphatic hydroxyl groups is 1. The van der Waals surface area contributed by atoms with Gasteiger partial charge in [0.15, 0.2) is 16.8 Å². The van der Waals surface area contributed by atoms with Crippen molar-refractivity contribution in [3.8, 4) is 5.75 Å². The molecule has 1 atom stereocenters. The quantitative estimate of drug-likeness (QED) is 0.203. The lowest BCUT2D eigenvalue weighted by molar-refractivity contribution is -0.132. The van der Waals surface area contributed by atoms with E-state index in [4.69, 9.17) is 4.74 Å². The normalized spacial score (nSPS) is 17.5. The molecule has 0 spiro atoms. The van der Waals surface area contributed by atoms with Gasteiger partial charge in [-0.1, -0.05) is 17.4 Å². The molecule has 2 aromatic carbocycles. The maximum absolute atomic E-state index is 13.8. The van der Waals surface area contributed by atoms with E-state index in [1.807, 2.05) is 13.8 Å². The Hall–Kier alpha value is -3.63. The fraction of sp³-hybridized carbons (Fsp3) is 0.160. The smallest absolute Gasteiger partial charge is 0.301 e. The summed E-state index contributed by atoms with van der Waals surface area (Å²) in [5.41, 5.74) is 1.20. The number of thiazole rings is 1. The molecular formula is C25H18F2N2O4S2. The highest BCUT2D eigenvalue weighted by molar-refractivity contribution is 7.22. The number of aliphatic hydroxyl groups excluding tert-OH is 1. The number of hydrogen-bond acceptors (Lipinski definition) is 7. The summed E-state index contributed by atoms with van der Waals surface area (Å²) < 4.78 is 33.4. The number of thiophene rings is 1. The molecule has 1 N–H and O–H groups in total. The van der Waals surface area contributed by atoms with Gasteiger partial charge in [0, 0.05) is 16.5 Å². The number of anilines is 1. The lowest BCUT2D eigenvalue weighted by Gasteiger charge is -2.21. The molecule has 1 aliphatic rings. The molecule has 4 aromatic rings. The number of halogens is 2. The third-order valence-corrected chi connectivity index (χ3v) is 7.57. The summed E-state index contributed by atoms with van der Waals surface area (Å²) in [5.74, 6) is -3.52. The molecule has 1 saturated heterocycles. The Morgan fingerprint density at radius 3 is 2.63 bits per heavy atom. The number of benzene rings is 2. The van der Waals surface area contributed by atoms with Crippen LogP contribution in [0.3, 0.4) is 0 Å². The van der Waals surface area contributed by atoms with Gasteiger partial charge in [-0.05, 0) is 55.1 Å². The predicted octanol–water partition coefficient (Wildman–Crippen LogP) is 5.97. The minimum absolute atomic E-state index is 0.0855. The molecule has 1 fully saturated rings. The van der Waals surface area contributed by atoms with E-state index in [0.717, 1.165) is 29.0 Å². The van der Waals surface area contributed by atoms with E-state index >= 15 is 0 Å². The van der Waals surface area contributed by atoms with Crippen LogP contribution in [-0.4, -0.2) is 28.4 Å². The first-order chi connectivity index (χ1) is 16.8. The second-order valence-corrected chi connectivity index (χ2v) is 9.82. The number of carbonyl (C=O) groups excluding carboxylic acids is 2. The zero-order chi connectivity index (χ0) is 24.9. The Bertz CT molecular complexity index is 1470. The average molecular weight is 513 g/mol. The van der Waals surface area contributed by atoms with Crippen LogP contribution in [0.5, 0.6) is 5.75 Å². The lowest BCUT2D eigenvalue weighted by atomic mass is 9.99. The van der Waals surface area contributed by atoms with Gasteiger partial charge in [0.1, 0.15) is 17.6 Å². The minimum atomic E-state index is -1.06. The van der Waals surface area contributed by atoms with Crippen molar-refractivity contribution in [1.29, 1.82) is 0 Å². The Balaban J connectivity index is 1.67. The van der Waals surface area contributed by atoms with Gasteiger partial charge in [-0.25, -0.2) is 13.8 Å². The van der Waals surface area contributed by atoms with Gasteiger partial charge >= 0.3 is 5.91 Å². The van der Waals surface area contributed by atoms with Crippen LogP contribution < -0.4 is 9.64 Å². The number of aryl methyl sites for hydroxylation is 1. The number of aromatic nitrogens is 1. The van der Waals surface area contributed by atoms with E-state index < -0.39 is 29.4 Å². The summed E-state index contributed by atoms with van der Waals surface area (Å²) in [5, 5.41) is 13.1. The highest BCUT2D eigenvalue weighted by atomic mass is 32.1. The van der Waals surface area contributed by atoms with Gasteiger partial charge in [0.05, 0.1) is 22.4 Å².